The minimum Gasteiger partial charge on any atom is -0.207 e. The fraction of sp³-hybridized carbons (Fsp3) is 0.125. The Labute approximate surface area is 91.3 Å². The second kappa shape index (κ2) is 3.77. The highest BCUT2D eigenvalue weighted by Gasteiger charge is 2.19. The van der Waals surface area contributed by atoms with E-state index in [1.54, 1.807) is 6.07 Å². The van der Waals surface area contributed by atoms with Crippen LogP contribution in [0.3, 0.4) is 0 Å². The van der Waals surface area contributed by atoms with Gasteiger partial charge in [-0.1, -0.05) is 11.6 Å². The van der Waals surface area contributed by atoms with E-state index < -0.39 is 9.05 Å². The first-order chi connectivity index (χ1) is 6.36. The summed E-state index contributed by atoms with van der Waals surface area (Å²) in [6.07, 6.45) is 0. The molecule has 74 valence electrons. The molecule has 0 aliphatic carbocycles. The Bertz CT molecular complexity index is 517. The topological polar surface area (TPSA) is 57.9 Å². The first-order valence-corrected chi connectivity index (χ1v) is 6.20. The van der Waals surface area contributed by atoms with Crippen LogP contribution in [0.4, 0.5) is 0 Å². The van der Waals surface area contributed by atoms with Gasteiger partial charge in [0.1, 0.15) is 11.0 Å². The molecule has 1 aromatic rings. The van der Waals surface area contributed by atoms with Gasteiger partial charge in [0.05, 0.1) is 5.56 Å². The third kappa shape index (κ3) is 2.18. The third-order valence-electron chi connectivity index (χ3n) is 1.60. The SMILES string of the molecule is Cc1cc(Cl)cc(C#N)c1S(=O)(=O)Cl. The Morgan fingerprint density at radius 1 is 1.43 bits per heavy atom. The zero-order chi connectivity index (χ0) is 10.9. The van der Waals surface area contributed by atoms with Crippen molar-refractivity contribution < 1.29 is 8.42 Å². The van der Waals surface area contributed by atoms with Gasteiger partial charge in [0.2, 0.25) is 0 Å². The zero-order valence-corrected chi connectivity index (χ0v) is 9.41. The van der Waals surface area contributed by atoms with E-state index in [9.17, 15) is 8.42 Å². The maximum Gasteiger partial charge on any atom is 0.262 e. The van der Waals surface area contributed by atoms with Crippen LogP contribution >= 0.6 is 22.3 Å². The number of nitrogens with zero attached hydrogens (tertiary/aromatic N) is 1. The first kappa shape index (κ1) is 11.3. The van der Waals surface area contributed by atoms with Crippen LogP contribution in [0.1, 0.15) is 11.1 Å². The predicted octanol–water partition coefficient (Wildman–Crippen LogP) is 2.45. The van der Waals surface area contributed by atoms with Gasteiger partial charge >= 0.3 is 0 Å². The zero-order valence-electron chi connectivity index (χ0n) is 7.08. The van der Waals surface area contributed by atoms with E-state index >= 15 is 0 Å². The summed E-state index contributed by atoms with van der Waals surface area (Å²) < 4.78 is 22.2. The van der Waals surface area contributed by atoms with Gasteiger partial charge in [-0.15, -0.1) is 0 Å². The Balaban J connectivity index is 3.68. The molecule has 0 amide bonds. The molecule has 0 saturated heterocycles. The van der Waals surface area contributed by atoms with Gasteiger partial charge in [0, 0.05) is 15.7 Å². The normalized spacial score (nSPS) is 11.0. The average Bonchev–Trinajstić information content (AvgIpc) is 1.99. The number of hydrogen-bond donors (Lipinski definition) is 0. The number of benzene rings is 1. The van der Waals surface area contributed by atoms with Crippen molar-refractivity contribution in [1.82, 2.24) is 0 Å². The van der Waals surface area contributed by atoms with Gasteiger partial charge in [-0.25, -0.2) is 8.42 Å². The smallest absolute Gasteiger partial charge is 0.207 e. The molecule has 0 spiro atoms. The van der Waals surface area contributed by atoms with Crippen LogP contribution in [-0.2, 0) is 9.05 Å². The number of halogens is 2. The van der Waals surface area contributed by atoms with Crippen molar-refractivity contribution in [3.05, 3.63) is 28.3 Å². The van der Waals surface area contributed by atoms with Crippen molar-refractivity contribution >= 4 is 31.3 Å². The van der Waals surface area contributed by atoms with E-state index in [1.807, 2.05) is 0 Å². The molecule has 0 atom stereocenters. The van der Waals surface area contributed by atoms with Crippen molar-refractivity contribution in [3.8, 4) is 6.07 Å². The van der Waals surface area contributed by atoms with Crippen LogP contribution in [0.2, 0.25) is 5.02 Å². The predicted molar refractivity (Wildman–Crippen MR) is 53.9 cm³/mol. The molecule has 3 nitrogen and oxygen atoms in total. The van der Waals surface area contributed by atoms with E-state index in [4.69, 9.17) is 27.5 Å². The van der Waals surface area contributed by atoms with Crippen LogP contribution in [0.25, 0.3) is 0 Å². The molecule has 0 heterocycles. The summed E-state index contributed by atoms with van der Waals surface area (Å²) in [5.41, 5.74) is 0.328. The van der Waals surface area contributed by atoms with E-state index in [-0.39, 0.29) is 10.5 Å². The van der Waals surface area contributed by atoms with Crippen LogP contribution in [0, 0.1) is 18.3 Å². The number of aryl methyl sites for hydroxylation is 1. The second-order valence-electron chi connectivity index (χ2n) is 2.65. The van der Waals surface area contributed by atoms with E-state index in [2.05, 4.69) is 0 Å². The van der Waals surface area contributed by atoms with Crippen LogP contribution in [0.5, 0.6) is 0 Å². The molecule has 14 heavy (non-hydrogen) atoms. The molecule has 0 fully saturated rings. The van der Waals surface area contributed by atoms with Gasteiger partial charge in [0.25, 0.3) is 9.05 Å². The lowest BCUT2D eigenvalue weighted by molar-refractivity contribution is 0.609. The minimum atomic E-state index is -3.90. The molecule has 0 bridgehead atoms. The van der Waals surface area contributed by atoms with Gasteiger partial charge in [-0.05, 0) is 24.6 Å². The standard InChI is InChI=1S/C8H5Cl2NO2S/c1-5-2-7(9)3-6(4-11)8(5)14(10,12)13/h2-3H,1H3. The second-order valence-corrected chi connectivity index (χ2v) is 5.59. The molecular formula is C8H5Cl2NO2S. The van der Waals surface area contributed by atoms with Crippen molar-refractivity contribution in [1.29, 1.82) is 5.26 Å². The van der Waals surface area contributed by atoms with E-state index in [1.165, 1.54) is 19.1 Å². The lowest BCUT2D eigenvalue weighted by atomic mass is 10.1. The fourth-order valence-corrected chi connectivity index (χ4v) is 2.83. The molecule has 0 radical (unpaired) electrons. The van der Waals surface area contributed by atoms with Crippen LogP contribution < -0.4 is 0 Å². The largest absolute Gasteiger partial charge is 0.262 e. The summed E-state index contributed by atoms with van der Waals surface area (Å²) in [6, 6.07) is 4.45. The van der Waals surface area contributed by atoms with Crippen molar-refractivity contribution in [2.45, 2.75) is 11.8 Å². The molecule has 1 rings (SSSR count). The average molecular weight is 250 g/mol. The molecule has 0 unspecified atom stereocenters. The molecule has 0 N–H and O–H groups in total. The monoisotopic (exact) mass is 249 g/mol. The Morgan fingerprint density at radius 3 is 2.43 bits per heavy atom. The van der Waals surface area contributed by atoms with Gasteiger partial charge in [-0.3, -0.25) is 0 Å². The lowest BCUT2D eigenvalue weighted by Gasteiger charge is -2.04. The number of rotatable bonds is 1. The van der Waals surface area contributed by atoms with Gasteiger partial charge < -0.3 is 0 Å². The maximum absolute atomic E-state index is 11.1. The van der Waals surface area contributed by atoms with Crippen LogP contribution in [0.15, 0.2) is 17.0 Å². The highest BCUT2D eigenvalue weighted by molar-refractivity contribution is 8.13. The summed E-state index contributed by atoms with van der Waals surface area (Å²) in [5.74, 6) is 0. The Hall–Kier alpha value is -0.760. The third-order valence-corrected chi connectivity index (χ3v) is 3.31. The minimum absolute atomic E-state index is 0.0370. The summed E-state index contributed by atoms with van der Waals surface area (Å²) in [5, 5.41) is 9.01. The molecular weight excluding hydrogens is 245 g/mol. The number of hydrogen-bond acceptors (Lipinski definition) is 3. The molecule has 6 heteroatoms. The van der Waals surface area contributed by atoms with Crippen molar-refractivity contribution in [2.75, 3.05) is 0 Å². The van der Waals surface area contributed by atoms with Gasteiger partial charge in [0.15, 0.2) is 0 Å². The van der Waals surface area contributed by atoms with E-state index in [0.29, 0.717) is 10.6 Å². The molecule has 0 aliphatic heterocycles. The molecule has 0 aromatic heterocycles. The highest BCUT2D eigenvalue weighted by Crippen LogP contribution is 2.26. The lowest BCUT2D eigenvalue weighted by Crippen LogP contribution is -1.98. The first-order valence-electron chi connectivity index (χ1n) is 3.51. The maximum atomic E-state index is 11.1. The summed E-state index contributed by atoms with van der Waals surface area (Å²) in [7, 11) is 1.28. The Morgan fingerprint density at radius 2 is 2.00 bits per heavy atom. The quantitative estimate of drug-likeness (QED) is 0.719. The molecule has 0 aliphatic rings. The molecule has 0 saturated carbocycles. The van der Waals surface area contributed by atoms with Crippen LogP contribution in [-0.4, -0.2) is 8.42 Å². The Kier molecular flexibility index (Phi) is 3.05. The molecule has 1 aromatic carbocycles. The van der Waals surface area contributed by atoms with E-state index in [0.717, 1.165) is 0 Å². The summed E-state index contributed by atoms with van der Waals surface area (Å²) in [6.45, 7) is 1.53. The summed E-state index contributed by atoms with van der Waals surface area (Å²) in [4.78, 5) is -0.175. The highest BCUT2D eigenvalue weighted by atomic mass is 35.7. The number of nitriles is 1. The van der Waals surface area contributed by atoms with Gasteiger partial charge in [-0.2, -0.15) is 5.26 Å². The van der Waals surface area contributed by atoms with Crippen molar-refractivity contribution in [3.63, 3.8) is 0 Å². The summed E-state index contributed by atoms with van der Waals surface area (Å²) >= 11 is 5.66. The van der Waals surface area contributed by atoms with Crippen molar-refractivity contribution in [2.24, 2.45) is 0 Å². The fourth-order valence-electron chi connectivity index (χ4n) is 1.14.